The molecule has 0 radical (unpaired) electrons. The van der Waals surface area contributed by atoms with Crippen molar-refractivity contribution in [2.24, 2.45) is 0 Å². The Balaban J connectivity index is 2.35. The van der Waals surface area contributed by atoms with Crippen LogP contribution in [0.3, 0.4) is 0 Å². The van der Waals surface area contributed by atoms with Gasteiger partial charge in [-0.05, 0) is 45.4 Å². The van der Waals surface area contributed by atoms with E-state index >= 15 is 0 Å². The third-order valence-corrected chi connectivity index (χ3v) is 2.78. The Morgan fingerprint density at radius 3 is 2.43 bits per heavy atom. The van der Waals surface area contributed by atoms with E-state index in [0.717, 1.165) is 0 Å². The number of amides is 2. The Bertz CT molecular complexity index is 553. The lowest BCUT2D eigenvalue weighted by molar-refractivity contribution is 0.0527. The molecule has 0 aliphatic carbocycles. The number of nitrogens with one attached hydrogen (secondary N) is 2. The molecule has 0 atom stereocenters. The van der Waals surface area contributed by atoms with Crippen molar-refractivity contribution in [1.82, 2.24) is 10.6 Å². The van der Waals surface area contributed by atoms with Gasteiger partial charge in [-0.3, -0.25) is 4.79 Å². The third kappa shape index (κ3) is 6.90. The monoisotopic (exact) mass is 323 g/mol. The maximum Gasteiger partial charge on any atom is 0.407 e. The molecule has 4 N–H and O–H groups in total. The number of nitrogens with two attached hydrogens (primary N) is 1. The lowest BCUT2D eigenvalue weighted by Gasteiger charge is -2.19. The summed E-state index contributed by atoms with van der Waals surface area (Å²) in [6.45, 7) is 6.21. The van der Waals surface area contributed by atoms with E-state index in [0.29, 0.717) is 36.5 Å². The minimum atomic E-state index is -0.526. The minimum absolute atomic E-state index is 0.272. The number of hydrogen-bond donors (Lipinski definition) is 3. The molecular weight excluding hydrogens is 298 g/mol. The Hall–Kier alpha value is -2.44. The van der Waals surface area contributed by atoms with Crippen LogP contribution in [0.4, 0.5) is 10.5 Å². The van der Waals surface area contributed by atoms with Gasteiger partial charge in [0.2, 0.25) is 0 Å². The summed E-state index contributed by atoms with van der Waals surface area (Å²) in [4.78, 5) is 23.5. The molecular formula is C16H25N3O4. The molecule has 0 spiro atoms. The van der Waals surface area contributed by atoms with Crippen LogP contribution in [0, 0.1) is 0 Å². The number of methoxy groups -OCH3 is 1. The van der Waals surface area contributed by atoms with E-state index in [1.807, 2.05) is 0 Å². The van der Waals surface area contributed by atoms with Gasteiger partial charge in [-0.1, -0.05) is 0 Å². The zero-order valence-electron chi connectivity index (χ0n) is 14.1. The summed E-state index contributed by atoms with van der Waals surface area (Å²) >= 11 is 0. The Morgan fingerprint density at radius 2 is 1.83 bits per heavy atom. The summed E-state index contributed by atoms with van der Waals surface area (Å²) in [6.07, 6.45) is 0.108. The fraction of sp³-hybridized carbons (Fsp3) is 0.500. The predicted molar refractivity (Wildman–Crippen MR) is 88.6 cm³/mol. The van der Waals surface area contributed by atoms with Crippen LogP contribution in [-0.4, -0.2) is 37.8 Å². The molecule has 7 heteroatoms. The minimum Gasteiger partial charge on any atom is -0.496 e. The van der Waals surface area contributed by atoms with Crippen molar-refractivity contribution < 1.29 is 19.1 Å². The molecule has 0 aromatic heterocycles. The first kappa shape index (κ1) is 18.6. The van der Waals surface area contributed by atoms with Crippen LogP contribution >= 0.6 is 0 Å². The molecule has 0 aliphatic rings. The van der Waals surface area contributed by atoms with Crippen LogP contribution < -0.4 is 21.1 Å². The van der Waals surface area contributed by atoms with E-state index in [1.165, 1.54) is 7.11 Å². The second-order valence-corrected chi connectivity index (χ2v) is 6.00. The molecule has 7 nitrogen and oxygen atoms in total. The molecule has 1 rings (SSSR count). The van der Waals surface area contributed by atoms with Crippen LogP contribution in [0.25, 0.3) is 0 Å². The standard InChI is InChI=1S/C16H25N3O4/c1-16(2,3)23-15(21)19-9-5-8-18-14(20)12-10-11(17)6-7-13(12)22-4/h6-7,10H,5,8-9,17H2,1-4H3,(H,18,20)(H,19,21). The first-order chi connectivity index (χ1) is 10.7. The second-order valence-electron chi connectivity index (χ2n) is 6.00. The van der Waals surface area contributed by atoms with E-state index in [9.17, 15) is 9.59 Å². The SMILES string of the molecule is COc1ccc(N)cc1C(=O)NCCCNC(=O)OC(C)(C)C. The van der Waals surface area contributed by atoms with E-state index < -0.39 is 11.7 Å². The molecule has 0 saturated carbocycles. The molecule has 0 aliphatic heterocycles. The largest absolute Gasteiger partial charge is 0.496 e. The van der Waals surface area contributed by atoms with Crippen molar-refractivity contribution in [3.05, 3.63) is 23.8 Å². The van der Waals surface area contributed by atoms with E-state index in [2.05, 4.69) is 10.6 Å². The smallest absolute Gasteiger partial charge is 0.407 e. The van der Waals surface area contributed by atoms with Crippen molar-refractivity contribution in [2.75, 3.05) is 25.9 Å². The fourth-order valence-corrected chi connectivity index (χ4v) is 1.79. The van der Waals surface area contributed by atoms with Crippen LogP contribution in [-0.2, 0) is 4.74 Å². The van der Waals surface area contributed by atoms with Gasteiger partial charge in [0.1, 0.15) is 11.4 Å². The van der Waals surface area contributed by atoms with Crippen LogP contribution in [0.1, 0.15) is 37.6 Å². The first-order valence-electron chi connectivity index (χ1n) is 7.41. The molecule has 1 aromatic rings. The Morgan fingerprint density at radius 1 is 1.17 bits per heavy atom. The highest BCUT2D eigenvalue weighted by atomic mass is 16.6. The molecule has 0 heterocycles. The zero-order valence-corrected chi connectivity index (χ0v) is 14.1. The van der Waals surface area contributed by atoms with Crippen molar-refractivity contribution in [3.63, 3.8) is 0 Å². The summed E-state index contributed by atoms with van der Waals surface area (Å²) in [6, 6.07) is 4.88. The Labute approximate surface area is 136 Å². The summed E-state index contributed by atoms with van der Waals surface area (Å²) in [5.74, 6) is 0.190. The molecule has 2 amide bonds. The molecule has 0 fully saturated rings. The van der Waals surface area contributed by atoms with Gasteiger partial charge >= 0.3 is 6.09 Å². The van der Waals surface area contributed by atoms with Gasteiger partial charge in [-0.2, -0.15) is 0 Å². The highest BCUT2D eigenvalue weighted by Gasteiger charge is 2.15. The van der Waals surface area contributed by atoms with Gasteiger partial charge in [-0.25, -0.2) is 4.79 Å². The number of nitrogen functional groups attached to an aromatic ring is 1. The molecule has 23 heavy (non-hydrogen) atoms. The van der Waals surface area contributed by atoms with E-state index in [1.54, 1.807) is 39.0 Å². The summed E-state index contributed by atoms with van der Waals surface area (Å²) in [7, 11) is 1.49. The van der Waals surface area contributed by atoms with Gasteiger partial charge in [-0.15, -0.1) is 0 Å². The predicted octanol–water partition coefficient (Wildman–Crippen LogP) is 1.92. The van der Waals surface area contributed by atoms with Crippen molar-refractivity contribution in [1.29, 1.82) is 0 Å². The fourth-order valence-electron chi connectivity index (χ4n) is 1.79. The number of alkyl carbamates (subject to hydrolysis) is 1. The van der Waals surface area contributed by atoms with Gasteiger partial charge in [0, 0.05) is 18.8 Å². The number of carbonyl (C=O) groups excluding carboxylic acids is 2. The van der Waals surface area contributed by atoms with E-state index in [4.69, 9.17) is 15.2 Å². The lowest BCUT2D eigenvalue weighted by atomic mass is 10.1. The summed E-state index contributed by atoms with van der Waals surface area (Å²) in [5.41, 5.74) is 6.03. The molecule has 0 bridgehead atoms. The van der Waals surface area contributed by atoms with Crippen LogP contribution in [0.15, 0.2) is 18.2 Å². The number of ether oxygens (including phenoxy) is 2. The lowest BCUT2D eigenvalue weighted by Crippen LogP contribution is -2.34. The number of benzene rings is 1. The van der Waals surface area contributed by atoms with Gasteiger partial charge in [0.15, 0.2) is 0 Å². The second kappa shape index (κ2) is 8.26. The topological polar surface area (TPSA) is 103 Å². The number of hydrogen-bond acceptors (Lipinski definition) is 5. The van der Waals surface area contributed by atoms with Gasteiger partial charge in [0.25, 0.3) is 5.91 Å². The average Bonchev–Trinajstić information content (AvgIpc) is 2.44. The molecule has 0 saturated heterocycles. The number of rotatable bonds is 6. The maximum absolute atomic E-state index is 12.1. The first-order valence-corrected chi connectivity index (χ1v) is 7.41. The highest BCUT2D eigenvalue weighted by Crippen LogP contribution is 2.20. The van der Waals surface area contributed by atoms with Crippen molar-refractivity contribution in [3.8, 4) is 5.75 Å². The molecule has 1 aromatic carbocycles. The molecule has 0 unspecified atom stereocenters. The quantitative estimate of drug-likeness (QED) is 0.548. The third-order valence-electron chi connectivity index (χ3n) is 2.78. The van der Waals surface area contributed by atoms with Crippen LogP contribution in [0.5, 0.6) is 5.75 Å². The summed E-state index contributed by atoms with van der Waals surface area (Å²) in [5, 5.41) is 5.38. The van der Waals surface area contributed by atoms with Crippen molar-refractivity contribution in [2.45, 2.75) is 32.8 Å². The number of anilines is 1. The normalized spacial score (nSPS) is 10.8. The van der Waals surface area contributed by atoms with Gasteiger partial charge < -0.3 is 25.8 Å². The summed E-state index contributed by atoms with van der Waals surface area (Å²) < 4.78 is 10.2. The molecule has 128 valence electrons. The van der Waals surface area contributed by atoms with Crippen LogP contribution in [0.2, 0.25) is 0 Å². The number of carbonyl (C=O) groups is 2. The van der Waals surface area contributed by atoms with E-state index in [-0.39, 0.29) is 5.91 Å². The van der Waals surface area contributed by atoms with Crippen molar-refractivity contribution >= 4 is 17.7 Å². The zero-order chi connectivity index (χ0) is 17.5. The Kier molecular flexibility index (Phi) is 6.68. The highest BCUT2D eigenvalue weighted by molar-refractivity contribution is 5.97. The average molecular weight is 323 g/mol. The van der Waals surface area contributed by atoms with Gasteiger partial charge in [0.05, 0.1) is 12.7 Å². The maximum atomic E-state index is 12.1.